The molecule has 0 bridgehead atoms. The number of amides is 2. The number of aromatic nitrogens is 2. The van der Waals surface area contributed by atoms with E-state index in [2.05, 4.69) is 10.4 Å². The molecule has 1 atom stereocenters. The van der Waals surface area contributed by atoms with Crippen LogP contribution in [0, 0.1) is 6.92 Å². The molecular weight excluding hydrogens is 432 g/mol. The molecule has 162 valence electrons. The van der Waals surface area contributed by atoms with Crippen molar-refractivity contribution >= 4 is 40.4 Å². The first-order valence-corrected chi connectivity index (χ1v) is 11.3. The molecule has 1 unspecified atom stereocenters. The zero-order valence-electron chi connectivity index (χ0n) is 18.2. The maximum absolute atomic E-state index is 13.7. The molecule has 1 aliphatic rings. The van der Waals surface area contributed by atoms with Crippen LogP contribution in [-0.2, 0) is 11.3 Å². The van der Waals surface area contributed by atoms with E-state index in [-0.39, 0.29) is 18.4 Å². The monoisotopic (exact) mass is 456 g/mol. The lowest BCUT2D eigenvalue weighted by atomic mass is 9.92. The van der Waals surface area contributed by atoms with Gasteiger partial charge in [-0.1, -0.05) is 23.7 Å². The SMILES string of the molecule is Cc1ccc(N2C(=O)c3cc(-c4cccs4)nn3CC2(C)C(=O)NC(C)(C)C)cc1Cl. The van der Waals surface area contributed by atoms with Crippen molar-refractivity contribution in [3.05, 3.63) is 58.1 Å². The zero-order valence-corrected chi connectivity index (χ0v) is 19.8. The Balaban J connectivity index is 1.86. The second kappa shape index (κ2) is 7.50. The summed E-state index contributed by atoms with van der Waals surface area (Å²) in [5.74, 6) is -0.531. The predicted molar refractivity (Wildman–Crippen MR) is 125 cm³/mol. The lowest BCUT2D eigenvalue weighted by molar-refractivity contribution is -0.128. The van der Waals surface area contributed by atoms with Crippen LogP contribution in [0.1, 0.15) is 43.7 Å². The molecule has 4 rings (SSSR count). The maximum atomic E-state index is 13.7. The highest BCUT2D eigenvalue weighted by Crippen LogP contribution is 2.36. The molecule has 6 nitrogen and oxygen atoms in total. The summed E-state index contributed by atoms with van der Waals surface area (Å²) in [6, 6.07) is 11.1. The number of carbonyl (C=O) groups is 2. The average Bonchev–Trinajstić information content (AvgIpc) is 3.32. The molecule has 0 saturated carbocycles. The average molecular weight is 457 g/mol. The molecule has 31 heavy (non-hydrogen) atoms. The van der Waals surface area contributed by atoms with Crippen molar-refractivity contribution in [1.29, 1.82) is 0 Å². The summed E-state index contributed by atoms with van der Waals surface area (Å²) in [4.78, 5) is 29.7. The summed E-state index contributed by atoms with van der Waals surface area (Å²) < 4.78 is 1.64. The number of benzene rings is 1. The van der Waals surface area contributed by atoms with Crippen molar-refractivity contribution in [2.24, 2.45) is 0 Å². The second-order valence-corrected chi connectivity index (χ2v) is 10.5. The Morgan fingerprint density at radius 1 is 1.26 bits per heavy atom. The van der Waals surface area contributed by atoms with Gasteiger partial charge in [-0.3, -0.25) is 19.2 Å². The minimum atomic E-state index is -1.19. The van der Waals surface area contributed by atoms with Crippen LogP contribution >= 0.6 is 22.9 Å². The first kappa shape index (κ1) is 21.6. The van der Waals surface area contributed by atoms with E-state index in [0.717, 1.165) is 16.1 Å². The summed E-state index contributed by atoms with van der Waals surface area (Å²) in [6.45, 7) is 9.65. The molecule has 1 N–H and O–H groups in total. The lowest BCUT2D eigenvalue weighted by Gasteiger charge is -2.44. The van der Waals surface area contributed by atoms with Crippen molar-refractivity contribution < 1.29 is 9.59 Å². The number of nitrogens with one attached hydrogen (secondary N) is 1. The van der Waals surface area contributed by atoms with Gasteiger partial charge >= 0.3 is 0 Å². The van der Waals surface area contributed by atoms with Gasteiger partial charge in [0, 0.05) is 16.2 Å². The van der Waals surface area contributed by atoms with Gasteiger partial charge in [0.2, 0.25) is 5.91 Å². The van der Waals surface area contributed by atoms with E-state index in [0.29, 0.717) is 16.4 Å². The van der Waals surface area contributed by atoms with E-state index in [1.165, 1.54) is 0 Å². The Morgan fingerprint density at radius 2 is 2.00 bits per heavy atom. The van der Waals surface area contributed by atoms with Crippen LogP contribution in [0.2, 0.25) is 5.02 Å². The molecule has 0 saturated heterocycles. The van der Waals surface area contributed by atoms with E-state index >= 15 is 0 Å². The highest BCUT2D eigenvalue weighted by molar-refractivity contribution is 7.13. The van der Waals surface area contributed by atoms with Crippen LogP contribution in [0.5, 0.6) is 0 Å². The van der Waals surface area contributed by atoms with Crippen molar-refractivity contribution in [3.8, 4) is 10.6 Å². The molecule has 1 aliphatic heterocycles. The molecule has 0 radical (unpaired) electrons. The fourth-order valence-corrected chi connectivity index (χ4v) is 4.58. The number of hydrogen-bond donors (Lipinski definition) is 1. The Bertz CT molecular complexity index is 1160. The van der Waals surface area contributed by atoms with Crippen molar-refractivity contribution in [2.45, 2.75) is 52.2 Å². The molecule has 3 heterocycles. The number of aryl methyl sites for hydroxylation is 1. The van der Waals surface area contributed by atoms with E-state index < -0.39 is 11.1 Å². The van der Waals surface area contributed by atoms with E-state index in [1.807, 2.05) is 57.3 Å². The van der Waals surface area contributed by atoms with Crippen LogP contribution in [0.25, 0.3) is 10.6 Å². The summed E-state index contributed by atoms with van der Waals surface area (Å²) in [5, 5.41) is 10.2. The maximum Gasteiger partial charge on any atom is 0.277 e. The Kier molecular flexibility index (Phi) is 5.22. The van der Waals surface area contributed by atoms with E-state index in [9.17, 15) is 9.59 Å². The third-order valence-corrected chi connectivity index (χ3v) is 6.62. The Morgan fingerprint density at radius 3 is 2.61 bits per heavy atom. The molecule has 2 amide bonds. The van der Waals surface area contributed by atoms with Crippen LogP contribution in [0.4, 0.5) is 5.69 Å². The van der Waals surface area contributed by atoms with Gasteiger partial charge < -0.3 is 5.32 Å². The first-order chi connectivity index (χ1) is 14.5. The fourth-order valence-electron chi connectivity index (χ4n) is 3.73. The van der Waals surface area contributed by atoms with Crippen molar-refractivity contribution in [2.75, 3.05) is 4.90 Å². The van der Waals surface area contributed by atoms with Crippen LogP contribution in [0.15, 0.2) is 41.8 Å². The van der Waals surface area contributed by atoms with Gasteiger partial charge in [-0.15, -0.1) is 11.3 Å². The van der Waals surface area contributed by atoms with Gasteiger partial charge in [0.1, 0.15) is 16.9 Å². The number of carbonyl (C=O) groups excluding carboxylic acids is 2. The Hall–Kier alpha value is -2.64. The molecule has 3 aromatic rings. The zero-order chi connectivity index (χ0) is 22.6. The van der Waals surface area contributed by atoms with E-state index in [4.69, 9.17) is 11.6 Å². The third-order valence-electron chi connectivity index (χ3n) is 5.32. The quantitative estimate of drug-likeness (QED) is 0.609. The summed E-state index contributed by atoms with van der Waals surface area (Å²) in [5.41, 5.74) is 1.01. The third kappa shape index (κ3) is 3.88. The second-order valence-electron chi connectivity index (χ2n) is 9.10. The number of thiophene rings is 1. The molecule has 8 heteroatoms. The largest absolute Gasteiger partial charge is 0.349 e. The highest BCUT2D eigenvalue weighted by Gasteiger charge is 2.49. The molecule has 0 aliphatic carbocycles. The van der Waals surface area contributed by atoms with Gasteiger partial charge in [0.05, 0.1) is 11.4 Å². The van der Waals surface area contributed by atoms with E-state index in [1.54, 1.807) is 40.0 Å². The lowest BCUT2D eigenvalue weighted by Crippen LogP contribution is -2.66. The molecule has 0 spiro atoms. The molecular formula is C23H25ClN4O2S. The predicted octanol–water partition coefficient (Wildman–Crippen LogP) is 4.91. The van der Waals surface area contributed by atoms with Crippen LogP contribution in [-0.4, -0.2) is 32.7 Å². The topological polar surface area (TPSA) is 67.2 Å². The van der Waals surface area contributed by atoms with Gasteiger partial charge in [-0.05, 0) is 69.8 Å². The fraction of sp³-hybridized carbons (Fsp3) is 0.348. The molecule has 1 aromatic carbocycles. The number of rotatable bonds is 3. The number of hydrogen-bond acceptors (Lipinski definition) is 4. The first-order valence-electron chi connectivity index (χ1n) is 10.0. The van der Waals surface area contributed by atoms with Crippen molar-refractivity contribution in [1.82, 2.24) is 15.1 Å². The standard InChI is InChI=1S/C23H25ClN4O2S/c1-14-8-9-15(11-16(14)24)28-20(29)18-12-17(19-7-6-10-31-19)26-27(18)13-23(28,5)21(30)25-22(2,3)4/h6-12H,13H2,1-5H3,(H,25,30). The van der Waals surface area contributed by atoms with Gasteiger partial charge in [0.25, 0.3) is 5.91 Å². The Labute approximate surface area is 190 Å². The normalized spacial score (nSPS) is 18.8. The van der Waals surface area contributed by atoms with Gasteiger partial charge in [-0.2, -0.15) is 5.10 Å². The molecule has 2 aromatic heterocycles. The minimum Gasteiger partial charge on any atom is -0.349 e. The van der Waals surface area contributed by atoms with Gasteiger partial charge in [0.15, 0.2) is 0 Å². The smallest absolute Gasteiger partial charge is 0.277 e. The number of anilines is 1. The summed E-state index contributed by atoms with van der Waals surface area (Å²) in [7, 11) is 0. The number of halogens is 1. The minimum absolute atomic E-state index is 0.229. The van der Waals surface area contributed by atoms with Crippen molar-refractivity contribution in [3.63, 3.8) is 0 Å². The summed E-state index contributed by atoms with van der Waals surface area (Å²) in [6.07, 6.45) is 0. The van der Waals surface area contributed by atoms with Gasteiger partial charge in [-0.25, -0.2) is 0 Å². The molecule has 0 fully saturated rings. The van der Waals surface area contributed by atoms with Crippen LogP contribution < -0.4 is 10.2 Å². The number of fused-ring (bicyclic) bond motifs is 1. The summed E-state index contributed by atoms with van der Waals surface area (Å²) >= 11 is 7.94. The number of nitrogens with zero attached hydrogens (tertiary/aromatic N) is 3. The van der Waals surface area contributed by atoms with Crippen LogP contribution in [0.3, 0.4) is 0 Å². The highest BCUT2D eigenvalue weighted by atomic mass is 35.5.